The number of nitrogens with zero attached hydrogens (tertiary/aromatic N) is 2. The second kappa shape index (κ2) is 3.46. The van der Waals surface area contributed by atoms with Crippen LogP contribution in [0.25, 0.3) is 0 Å². The zero-order valence-corrected chi connectivity index (χ0v) is 7.71. The van der Waals surface area contributed by atoms with Crippen molar-refractivity contribution in [3.05, 3.63) is 0 Å². The fourth-order valence-electron chi connectivity index (χ4n) is 0.791. The molecule has 0 aliphatic carbocycles. The molecule has 0 aromatic heterocycles. The van der Waals surface area contributed by atoms with E-state index in [2.05, 4.69) is 9.85 Å². The van der Waals surface area contributed by atoms with Crippen molar-refractivity contribution < 1.29 is 14.2 Å². The topological polar surface area (TPSA) is 41.7 Å². The molecule has 0 rings (SSSR count). The van der Waals surface area contributed by atoms with Gasteiger partial charge in [-0.2, -0.15) is 0 Å². The van der Waals surface area contributed by atoms with Crippen molar-refractivity contribution in [2.75, 3.05) is 21.2 Å². The fourth-order valence-corrected chi connectivity index (χ4v) is 0.791. The molecule has 0 unspecified atom stereocenters. The lowest BCUT2D eigenvalue weighted by Crippen LogP contribution is -2.32. The molecular formula is C7H15N2O2+. The minimum Gasteiger partial charge on any atom is -0.467 e. The molecule has 0 aliphatic heterocycles. The number of carbonyl (C=O) groups excluding carboxylic acids is 1. The first-order valence-electron chi connectivity index (χ1n) is 3.38. The van der Waals surface area contributed by atoms with E-state index < -0.39 is 5.54 Å². The number of methoxy groups -OCH3 is 1. The first-order chi connectivity index (χ1) is 4.90. The fraction of sp³-hybridized carbons (Fsp3) is 0.857. The van der Waals surface area contributed by atoms with Gasteiger partial charge in [-0.1, -0.05) is 0 Å². The number of rotatable bonds is 2. The smallest absolute Gasteiger partial charge is 0.339 e. The van der Waals surface area contributed by atoms with Crippen LogP contribution in [0, 0.1) is 0 Å². The van der Waals surface area contributed by atoms with Crippen molar-refractivity contribution in [2.45, 2.75) is 19.4 Å². The molecule has 0 N–H and O–H groups in total. The molecule has 0 radical (unpaired) electrons. The molecule has 4 heteroatoms. The third-order valence-corrected chi connectivity index (χ3v) is 1.13. The van der Waals surface area contributed by atoms with Gasteiger partial charge in [-0.3, -0.25) is 0 Å². The van der Waals surface area contributed by atoms with Gasteiger partial charge in [0.05, 0.1) is 7.11 Å². The molecule has 0 saturated heterocycles. The summed E-state index contributed by atoms with van der Waals surface area (Å²) >= 11 is 0. The minimum atomic E-state index is -0.780. The lowest BCUT2D eigenvalue weighted by atomic mass is 10.1. The molecule has 0 saturated carbocycles. The van der Waals surface area contributed by atoms with E-state index in [4.69, 9.17) is 0 Å². The largest absolute Gasteiger partial charge is 0.467 e. The van der Waals surface area contributed by atoms with Crippen LogP contribution in [0.3, 0.4) is 0 Å². The maximum Gasteiger partial charge on any atom is 0.339 e. The number of esters is 1. The molecule has 4 nitrogen and oxygen atoms in total. The molecule has 0 bridgehead atoms. The van der Waals surface area contributed by atoms with Crippen molar-refractivity contribution in [2.24, 2.45) is 5.11 Å². The van der Waals surface area contributed by atoms with Crippen LogP contribution in [0.15, 0.2) is 5.11 Å². The van der Waals surface area contributed by atoms with Gasteiger partial charge in [0.1, 0.15) is 0 Å². The number of azo groups is 2. The summed E-state index contributed by atoms with van der Waals surface area (Å²) in [4.78, 5) is 11.0. The van der Waals surface area contributed by atoms with Crippen LogP contribution in [0.4, 0.5) is 0 Å². The Morgan fingerprint density at radius 2 is 1.91 bits per heavy atom. The van der Waals surface area contributed by atoms with Gasteiger partial charge in [-0.25, -0.2) is 4.79 Å². The highest BCUT2D eigenvalue weighted by atomic mass is 16.5. The molecule has 0 spiro atoms. The zero-order valence-electron chi connectivity index (χ0n) is 7.71. The van der Waals surface area contributed by atoms with Crippen LogP contribution in [0.5, 0.6) is 0 Å². The standard InChI is InChI=1S/C7H15N2O2/c1-7(2,6(10)11-5)8-9(3)4/h1-5H3/q+1. The monoisotopic (exact) mass is 159 g/mol. The van der Waals surface area contributed by atoms with Crippen LogP contribution < -0.4 is 0 Å². The minimum absolute atomic E-state index is 0.328. The van der Waals surface area contributed by atoms with Gasteiger partial charge in [0.25, 0.3) is 0 Å². The Bertz CT molecular complexity index is 181. The first-order valence-corrected chi connectivity index (χ1v) is 3.38. The Morgan fingerprint density at radius 3 is 2.18 bits per heavy atom. The maximum absolute atomic E-state index is 11.0. The highest BCUT2D eigenvalue weighted by Gasteiger charge is 2.31. The Morgan fingerprint density at radius 1 is 1.45 bits per heavy atom. The number of hydrogen-bond donors (Lipinski definition) is 0. The third kappa shape index (κ3) is 3.11. The summed E-state index contributed by atoms with van der Waals surface area (Å²) in [5.41, 5.74) is -0.780. The second-order valence-electron chi connectivity index (χ2n) is 3.00. The van der Waals surface area contributed by atoms with Gasteiger partial charge in [-0.05, 0) is 19.0 Å². The van der Waals surface area contributed by atoms with Gasteiger partial charge in [0, 0.05) is 0 Å². The third-order valence-electron chi connectivity index (χ3n) is 1.13. The van der Waals surface area contributed by atoms with E-state index in [-0.39, 0.29) is 5.97 Å². The van der Waals surface area contributed by atoms with Crippen LogP contribution in [-0.4, -0.2) is 37.4 Å². The van der Waals surface area contributed by atoms with Crippen molar-refractivity contribution in [1.29, 1.82) is 0 Å². The summed E-state index contributed by atoms with van der Waals surface area (Å²) in [6.45, 7) is 3.41. The average Bonchev–Trinajstić information content (AvgIpc) is 1.83. The molecule has 0 fully saturated rings. The van der Waals surface area contributed by atoms with Gasteiger partial charge in [0.15, 0.2) is 14.1 Å². The number of ether oxygens (including phenoxy) is 1. The molecule has 64 valence electrons. The van der Waals surface area contributed by atoms with Crippen LogP contribution in [0.2, 0.25) is 0 Å². The molecule has 0 aromatic carbocycles. The summed E-state index contributed by atoms with van der Waals surface area (Å²) in [5, 5.41) is 4.04. The first kappa shape index (κ1) is 10.1. The Hall–Kier alpha value is -0.930. The quantitative estimate of drug-likeness (QED) is 0.337. The number of hydrogen-bond acceptors (Lipinski definition) is 3. The van der Waals surface area contributed by atoms with Crippen molar-refractivity contribution >= 4 is 5.97 Å². The van der Waals surface area contributed by atoms with Crippen molar-refractivity contribution in [3.8, 4) is 0 Å². The molecule has 11 heavy (non-hydrogen) atoms. The molecule has 0 aliphatic rings. The van der Waals surface area contributed by atoms with E-state index in [1.54, 1.807) is 32.6 Å². The van der Waals surface area contributed by atoms with Crippen LogP contribution >= 0.6 is 0 Å². The normalized spacial score (nSPS) is 10.6. The van der Waals surface area contributed by atoms with Gasteiger partial charge < -0.3 is 4.74 Å². The van der Waals surface area contributed by atoms with Crippen LogP contribution in [0.1, 0.15) is 13.8 Å². The Kier molecular flexibility index (Phi) is 3.17. The molecule has 0 atom stereocenters. The predicted molar refractivity (Wildman–Crippen MR) is 40.6 cm³/mol. The lowest BCUT2D eigenvalue weighted by Gasteiger charge is -2.11. The maximum atomic E-state index is 11.0. The van der Waals surface area contributed by atoms with E-state index in [1.807, 2.05) is 0 Å². The second-order valence-corrected chi connectivity index (χ2v) is 3.00. The van der Waals surface area contributed by atoms with E-state index in [0.717, 1.165) is 0 Å². The van der Waals surface area contributed by atoms with Gasteiger partial charge in [-0.15, -0.1) is 4.70 Å². The predicted octanol–water partition coefficient (Wildman–Crippen LogP) is 0.662. The summed E-state index contributed by atoms with van der Waals surface area (Å²) in [5.74, 6) is -0.328. The summed E-state index contributed by atoms with van der Waals surface area (Å²) in [7, 11) is 4.89. The van der Waals surface area contributed by atoms with E-state index in [9.17, 15) is 4.79 Å². The molecule has 0 amide bonds. The van der Waals surface area contributed by atoms with Crippen LogP contribution in [-0.2, 0) is 9.53 Å². The van der Waals surface area contributed by atoms with Gasteiger partial charge in [0.2, 0.25) is 5.54 Å². The zero-order chi connectivity index (χ0) is 9.07. The Labute approximate surface area is 66.9 Å². The van der Waals surface area contributed by atoms with Crippen molar-refractivity contribution in [1.82, 2.24) is 0 Å². The van der Waals surface area contributed by atoms with E-state index >= 15 is 0 Å². The summed E-state index contributed by atoms with van der Waals surface area (Å²) in [6, 6.07) is 0. The molecule has 0 aromatic rings. The number of carbonyl (C=O) groups is 1. The molecule has 0 heterocycles. The van der Waals surface area contributed by atoms with Crippen molar-refractivity contribution in [3.63, 3.8) is 0 Å². The highest BCUT2D eigenvalue weighted by molar-refractivity contribution is 5.79. The van der Waals surface area contributed by atoms with E-state index in [1.165, 1.54) is 7.11 Å². The van der Waals surface area contributed by atoms with E-state index in [0.29, 0.717) is 0 Å². The van der Waals surface area contributed by atoms with Gasteiger partial charge >= 0.3 is 5.97 Å². The Balaban J connectivity index is 4.46. The average molecular weight is 159 g/mol. The summed E-state index contributed by atoms with van der Waals surface area (Å²) < 4.78 is 6.15. The highest BCUT2D eigenvalue weighted by Crippen LogP contribution is 2.10. The lowest BCUT2D eigenvalue weighted by molar-refractivity contribution is -0.542. The SMILES string of the molecule is COC(=O)C(C)(C)N=[N+](C)C. The summed E-state index contributed by atoms with van der Waals surface area (Å²) in [6.07, 6.45) is 0. The molecular weight excluding hydrogens is 144 g/mol.